The lowest BCUT2D eigenvalue weighted by Crippen LogP contribution is -1.66. The lowest BCUT2D eigenvalue weighted by Gasteiger charge is -1.82. The molecule has 0 saturated carbocycles. The molecule has 0 aromatic rings. The smallest absolute Gasteiger partial charge is 0.303 e. The second-order valence-corrected chi connectivity index (χ2v) is 1.54. The standard InChI is InChI=1S/CH3.Al.H3O4P/c;;1-5(2,3)4/h1H3;;(H3,1,2,3,4). The summed E-state index contributed by atoms with van der Waals surface area (Å²) in [4.78, 5) is 21.6. The summed E-state index contributed by atoms with van der Waals surface area (Å²) in [6.45, 7) is 0. The Morgan fingerprint density at radius 2 is 1.29 bits per heavy atom. The van der Waals surface area contributed by atoms with Crippen molar-refractivity contribution in [2.75, 3.05) is 0 Å². The van der Waals surface area contributed by atoms with Crippen LogP contribution in [0.25, 0.3) is 0 Å². The van der Waals surface area contributed by atoms with E-state index in [0.717, 1.165) is 0 Å². The minimum Gasteiger partial charge on any atom is -0.303 e. The third-order valence-electron chi connectivity index (χ3n) is 0. The van der Waals surface area contributed by atoms with E-state index in [0.29, 0.717) is 0 Å². The van der Waals surface area contributed by atoms with Crippen LogP contribution in [0.3, 0.4) is 0 Å². The van der Waals surface area contributed by atoms with Crippen molar-refractivity contribution >= 4 is 24.1 Å². The zero-order valence-corrected chi connectivity index (χ0v) is 5.82. The van der Waals surface area contributed by atoms with Gasteiger partial charge in [0.15, 0.2) is 0 Å². The molecule has 0 aliphatic rings. The Bertz CT molecular complexity index is 57.8. The summed E-state index contributed by atoms with van der Waals surface area (Å²) >= 11 is 2.42. The molecule has 7 heavy (non-hydrogen) atoms. The molecule has 0 unspecified atom stereocenters. The molecule has 6 heteroatoms. The third kappa shape index (κ3) is 347. The predicted octanol–water partition coefficient (Wildman–Crippen LogP) is -0.726. The van der Waals surface area contributed by atoms with E-state index in [4.69, 9.17) is 19.2 Å². The largest absolute Gasteiger partial charge is 0.466 e. The van der Waals surface area contributed by atoms with Crippen molar-refractivity contribution in [1.82, 2.24) is 0 Å². The van der Waals surface area contributed by atoms with E-state index in [2.05, 4.69) is 16.3 Å². The highest BCUT2D eigenvalue weighted by Gasteiger charge is 2.00. The van der Waals surface area contributed by atoms with Gasteiger partial charge in [-0.2, -0.15) is 0 Å². The zero-order valence-electron chi connectivity index (χ0n) is 3.77. The van der Waals surface area contributed by atoms with Gasteiger partial charge in [0.2, 0.25) is 0 Å². The van der Waals surface area contributed by atoms with Crippen molar-refractivity contribution in [1.29, 1.82) is 0 Å². The summed E-state index contributed by atoms with van der Waals surface area (Å²) < 4.78 is 8.88. The van der Waals surface area contributed by atoms with E-state index in [-0.39, 0.29) is 0 Å². The molecule has 0 amide bonds. The first-order valence-corrected chi connectivity index (χ1v) is 4.08. The van der Waals surface area contributed by atoms with Gasteiger partial charge in [-0.15, -0.1) is 5.79 Å². The van der Waals surface area contributed by atoms with Gasteiger partial charge >= 0.3 is 7.82 Å². The lowest BCUT2D eigenvalue weighted by atomic mass is 11.9. The Morgan fingerprint density at radius 1 is 1.29 bits per heavy atom. The van der Waals surface area contributed by atoms with Crippen molar-refractivity contribution in [2.24, 2.45) is 0 Å². The molecule has 2 radical (unpaired) electrons. The van der Waals surface area contributed by atoms with Crippen LogP contribution < -0.4 is 0 Å². The molecule has 4 nitrogen and oxygen atoms in total. The van der Waals surface area contributed by atoms with Crippen LogP contribution in [0.4, 0.5) is 0 Å². The maximum Gasteiger partial charge on any atom is 0.466 e. The monoisotopic (exact) mass is 140 g/mol. The first-order chi connectivity index (χ1) is 3.00. The fourth-order valence-corrected chi connectivity index (χ4v) is 0. The molecule has 0 saturated heterocycles. The van der Waals surface area contributed by atoms with Gasteiger partial charge in [-0.3, -0.25) is 0 Å². The summed E-state index contributed by atoms with van der Waals surface area (Å²) in [7, 11) is -4.64. The topological polar surface area (TPSA) is 77.8 Å². The second kappa shape index (κ2) is 4.79. The highest BCUT2D eigenvalue weighted by Crippen LogP contribution is 2.25. The molecule has 0 aromatic heterocycles. The Kier molecular flexibility index (Phi) is 7.25. The Morgan fingerprint density at radius 3 is 1.29 bits per heavy atom. The minimum atomic E-state index is -4.64. The van der Waals surface area contributed by atoms with Gasteiger partial charge in [0.1, 0.15) is 16.3 Å². The highest BCUT2D eigenvalue weighted by molar-refractivity contribution is 7.45. The molecule has 0 fully saturated rings. The number of phosphoric acid groups is 1. The van der Waals surface area contributed by atoms with E-state index in [1.165, 1.54) is 0 Å². The van der Waals surface area contributed by atoms with Gasteiger partial charge in [-0.25, -0.2) is 4.57 Å². The van der Waals surface area contributed by atoms with Crippen molar-refractivity contribution in [2.45, 2.75) is 5.79 Å². The van der Waals surface area contributed by atoms with Crippen molar-refractivity contribution < 1.29 is 19.2 Å². The first kappa shape index (κ1) is 10.6. The second-order valence-electron chi connectivity index (χ2n) is 0.513. The van der Waals surface area contributed by atoms with Crippen LogP contribution in [0.5, 0.6) is 0 Å². The summed E-state index contributed by atoms with van der Waals surface area (Å²) in [5.41, 5.74) is 0. The quantitative estimate of drug-likeness (QED) is 0.306. The fraction of sp³-hybridized carbons (Fsp3) is 1.00. The molecule has 0 atom stereocenters. The molecule has 0 heterocycles. The van der Waals surface area contributed by atoms with E-state index in [9.17, 15) is 0 Å². The van der Waals surface area contributed by atoms with Crippen molar-refractivity contribution in [3.63, 3.8) is 0 Å². The van der Waals surface area contributed by atoms with Gasteiger partial charge in [-0.1, -0.05) is 0 Å². The lowest BCUT2D eigenvalue weighted by molar-refractivity contribution is 0.275. The van der Waals surface area contributed by atoms with Gasteiger partial charge < -0.3 is 14.7 Å². The van der Waals surface area contributed by atoms with Crippen LogP contribution in [0.15, 0.2) is 0 Å². The first-order valence-electron chi connectivity index (χ1n) is 1.36. The van der Waals surface area contributed by atoms with Crippen LogP contribution in [0.1, 0.15) is 0 Å². The van der Waals surface area contributed by atoms with Crippen LogP contribution in [-0.4, -0.2) is 31.0 Å². The van der Waals surface area contributed by atoms with Crippen LogP contribution in [-0.2, 0) is 4.57 Å². The molecule has 0 bridgehead atoms. The van der Waals surface area contributed by atoms with Crippen molar-refractivity contribution in [3.05, 3.63) is 0 Å². The van der Waals surface area contributed by atoms with Crippen LogP contribution in [0.2, 0.25) is 5.79 Å². The summed E-state index contributed by atoms with van der Waals surface area (Å²) in [6.07, 6.45) is 0. The van der Waals surface area contributed by atoms with Crippen LogP contribution in [0, 0.1) is 0 Å². The Labute approximate surface area is 49.8 Å². The summed E-state index contributed by atoms with van der Waals surface area (Å²) in [5, 5.41) is 0. The maximum absolute atomic E-state index is 8.88. The van der Waals surface area contributed by atoms with Crippen molar-refractivity contribution in [3.8, 4) is 0 Å². The minimum absolute atomic E-state index is 1.92. The Hall–Kier alpha value is 0.642. The number of hydrogen-bond donors (Lipinski definition) is 3. The molecule has 42 valence electrons. The normalized spacial score (nSPS) is 9.14. The molecule has 0 aliphatic carbocycles. The molecule has 0 rings (SSSR count). The summed E-state index contributed by atoms with van der Waals surface area (Å²) in [6, 6.07) is 0. The molecule has 0 aliphatic heterocycles. The maximum atomic E-state index is 8.88. The van der Waals surface area contributed by atoms with Gasteiger partial charge in [-0.05, 0) is 0 Å². The van der Waals surface area contributed by atoms with E-state index in [1.54, 1.807) is 0 Å². The molecule has 0 aromatic carbocycles. The molecular formula is CH6AlO4P. The van der Waals surface area contributed by atoms with E-state index >= 15 is 0 Å². The average Bonchev–Trinajstić information content (AvgIpc) is 1.36. The van der Waals surface area contributed by atoms with E-state index < -0.39 is 7.82 Å². The predicted molar refractivity (Wildman–Crippen MR) is 25.9 cm³/mol. The summed E-state index contributed by atoms with van der Waals surface area (Å²) in [5.74, 6) is 1.92. The number of rotatable bonds is 0. The number of hydrogen-bond acceptors (Lipinski definition) is 1. The molecule has 0 spiro atoms. The molecule has 3 N–H and O–H groups in total. The van der Waals surface area contributed by atoms with E-state index in [1.807, 2.05) is 5.79 Å². The van der Waals surface area contributed by atoms with Gasteiger partial charge in [0, 0.05) is 0 Å². The zero-order chi connectivity index (χ0) is 6.50. The fourth-order valence-electron chi connectivity index (χ4n) is 0. The van der Waals surface area contributed by atoms with Gasteiger partial charge in [0.05, 0.1) is 0 Å². The highest BCUT2D eigenvalue weighted by atomic mass is 31.2. The van der Waals surface area contributed by atoms with Crippen LogP contribution >= 0.6 is 7.82 Å². The SMILES string of the molecule is O=P(O)(O)O.[CH3][Al]. The average molecular weight is 140 g/mol. The molecular weight excluding hydrogens is 134 g/mol. The Balaban J connectivity index is 0. The third-order valence-corrected chi connectivity index (χ3v) is 0. The van der Waals surface area contributed by atoms with Gasteiger partial charge in [0.25, 0.3) is 0 Å².